The van der Waals surface area contributed by atoms with Gasteiger partial charge in [-0.15, -0.1) is 6.58 Å². The predicted molar refractivity (Wildman–Crippen MR) is 67.1 cm³/mol. The molecule has 0 spiro atoms. The molecule has 0 aliphatic rings. The smallest absolute Gasteiger partial charge is 0.0722 e. The summed E-state index contributed by atoms with van der Waals surface area (Å²) in [6.07, 6.45) is 1.27. The van der Waals surface area contributed by atoms with E-state index in [-0.39, 0.29) is 0 Å². The van der Waals surface area contributed by atoms with Crippen LogP contribution in [0.4, 0.5) is 0 Å². The first-order valence-corrected chi connectivity index (χ1v) is 5.92. The largest absolute Gasteiger partial charge is 0.376 e. The summed E-state index contributed by atoms with van der Waals surface area (Å²) in [6, 6.07) is 0.524. The van der Waals surface area contributed by atoms with Gasteiger partial charge in [-0.05, 0) is 19.3 Å². The van der Waals surface area contributed by atoms with Crippen molar-refractivity contribution in [1.82, 2.24) is 5.32 Å². The summed E-state index contributed by atoms with van der Waals surface area (Å²) >= 11 is 0. The van der Waals surface area contributed by atoms with Gasteiger partial charge >= 0.3 is 0 Å². The van der Waals surface area contributed by atoms with E-state index in [1.807, 2.05) is 6.92 Å². The van der Waals surface area contributed by atoms with Crippen LogP contribution in [0.2, 0.25) is 0 Å². The maximum Gasteiger partial charge on any atom is 0.0722 e. The van der Waals surface area contributed by atoms with E-state index in [2.05, 4.69) is 39.6 Å². The molecule has 0 bridgehead atoms. The lowest BCUT2D eigenvalue weighted by Gasteiger charge is -2.23. The van der Waals surface area contributed by atoms with Crippen LogP contribution in [0.25, 0.3) is 0 Å². The number of hydrogen-bond donors (Lipinski definition) is 1. The zero-order chi connectivity index (χ0) is 11.8. The fourth-order valence-corrected chi connectivity index (χ4v) is 1.22. The molecule has 1 unspecified atom stereocenters. The standard InChI is InChI=1S/C13H27NO/c1-10(2)7-8-15-13(11(3)4)9-14-12(5)6/h11-14H,1,7-9H2,2-6H3. The van der Waals surface area contributed by atoms with E-state index >= 15 is 0 Å². The fourth-order valence-electron chi connectivity index (χ4n) is 1.22. The first-order valence-electron chi connectivity index (χ1n) is 5.92. The molecule has 90 valence electrons. The van der Waals surface area contributed by atoms with Gasteiger partial charge in [0, 0.05) is 12.6 Å². The minimum absolute atomic E-state index is 0.312. The second-order valence-corrected chi connectivity index (χ2v) is 4.92. The van der Waals surface area contributed by atoms with Gasteiger partial charge in [-0.1, -0.05) is 33.3 Å². The summed E-state index contributed by atoms with van der Waals surface area (Å²) in [4.78, 5) is 0. The normalized spacial score (nSPS) is 13.5. The van der Waals surface area contributed by atoms with Gasteiger partial charge in [0.1, 0.15) is 0 Å². The maximum absolute atomic E-state index is 5.84. The number of rotatable bonds is 8. The van der Waals surface area contributed by atoms with Crippen LogP contribution >= 0.6 is 0 Å². The monoisotopic (exact) mass is 213 g/mol. The Labute approximate surface area is 95.1 Å². The molecule has 15 heavy (non-hydrogen) atoms. The highest BCUT2D eigenvalue weighted by Crippen LogP contribution is 2.08. The minimum Gasteiger partial charge on any atom is -0.376 e. The lowest BCUT2D eigenvalue weighted by atomic mass is 10.1. The van der Waals surface area contributed by atoms with E-state index in [1.54, 1.807) is 0 Å². The Morgan fingerprint density at radius 1 is 1.27 bits per heavy atom. The molecule has 0 heterocycles. The molecular weight excluding hydrogens is 186 g/mol. The zero-order valence-corrected chi connectivity index (χ0v) is 11.0. The highest BCUT2D eigenvalue weighted by atomic mass is 16.5. The quantitative estimate of drug-likeness (QED) is 0.626. The van der Waals surface area contributed by atoms with Gasteiger partial charge in [-0.25, -0.2) is 0 Å². The van der Waals surface area contributed by atoms with Crippen LogP contribution in [0.1, 0.15) is 41.0 Å². The SMILES string of the molecule is C=C(C)CCOC(CNC(C)C)C(C)C. The maximum atomic E-state index is 5.84. The molecule has 0 aromatic carbocycles. The molecule has 0 amide bonds. The summed E-state index contributed by atoms with van der Waals surface area (Å²) in [5.74, 6) is 0.557. The number of ether oxygens (including phenoxy) is 1. The third-order valence-corrected chi connectivity index (χ3v) is 2.33. The summed E-state index contributed by atoms with van der Waals surface area (Å²) in [5, 5.41) is 3.42. The van der Waals surface area contributed by atoms with E-state index in [4.69, 9.17) is 4.74 Å². The molecule has 0 saturated heterocycles. The fraction of sp³-hybridized carbons (Fsp3) is 0.846. The Hall–Kier alpha value is -0.340. The van der Waals surface area contributed by atoms with Crippen LogP contribution in [0, 0.1) is 5.92 Å². The zero-order valence-electron chi connectivity index (χ0n) is 11.0. The molecule has 0 aliphatic carbocycles. The molecule has 0 fully saturated rings. The van der Waals surface area contributed by atoms with Gasteiger partial charge in [0.15, 0.2) is 0 Å². The van der Waals surface area contributed by atoms with Crippen molar-refractivity contribution in [2.24, 2.45) is 5.92 Å². The Morgan fingerprint density at radius 2 is 1.87 bits per heavy atom. The Balaban J connectivity index is 3.78. The summed E-state index contributed by atoms with van der Waals surface area (Å²) in [5.41, 5.74) is 1.19. The van der Waals surface area contributed by atoms with E-state index in [0.717, 1.165) is 19.6 Å². The molecule has 0 radical (unpaired) electrons. The van der Waals surface area contributed by atoms with Crippen LogP contribution in [-0.4, -0.2) is 25.3 Å². The molecule has 0 aromatic heterocycles. The lowest BCUT2D eigenvalue weighted by molar-refractivity contribution is 0.0236. The average Bonchev–Trinajstić information content (AvgIpc) is 2.09. The van der Waals surface area contributed by atoms with Crippen LogP contribution in [0.5, 0.6) is 0 Å². The van der Waals surface area contributed by atoms with E-state index in [9.17, 15) is 0 Å². The third-order valence-electron chi connectivity index (χ3n) is 2.33. The van der Waals surface area contributed by atoms with Crippen molar-refractivity contribution in [2.75, 3.05) is 13.2 Å². The lowest BCUT2D eigenvalue weighted by Crippen LogP contribution is -2.36. The number of hydrogen-bond acceptors (Lipinski definition) is 2. The van der Waals surface area contributed by atoms with Gasteiger partial charge in [-0.2, -0.15) is 0 Å². The van der Waals surface area contributed by atoms with Crippen molar-refractivity contribution in [3.8, 4) is 0 Å². The summed E-state index contributed by atoms with van der Waals surface area (Å²) < 4.78 is 5.84. The van der Waals surface area contributed by atoms with Gasteiger partial charge in [0.05, 0.1) is 12.7 Å². The molecular formula is C13H27NO. The Bertz CT molecular complexity index is 175. The van der Waals surface area contributed by atoms with Crippen molar-refractivity contribution < 1.29 is 4.74 Å². The van der Waals surface area contributed by atoms with E-state index in [0.29, 0.717) is 18.1 Å². The highest BCUT2D eigenvalue weighted by Gasteiger charge is 2.13. The Kier molecular flexibility index (Phi) is 7.71. The van der Waals surface area contributed by atoms with E-state index < -0.39 is 0 Å². The van der Waals surface area contributed by atoms with E-state index in [1.165, 1.54) is 5.57 Å². The van der Waals surface area contributed by atoms with Gasteiger partial charge in [-0.3, -0.25) is 0 Å². The third kappa shape index (κ3) is 8.64. The van der Waals surface area contributed by atoms with Crippen LogP contribution in [0.3, 0.4) is 0 Å². The molecule has 1 atom stereocenters. The van der Waals surface area contributed by atoms with Crippen molar-refractivity contribution in [3.05, 3.63) is 12.2 Å². The molecule has 0 rings (SSSR count). The first kappa shape index (κ1) is 14.7. The summed E-state index contributed by atoms with van der Waals surface area (Å²) in [7, 11) is 0. The summed E-state index contributed by atoms with van der Waals surface area (Å²) in [6.45, 7) is 16.4. The Morgan fingerprint density at radius 3 is 2.27 bits per heavy atom. The molecule has 2 heteroatoms. The first-order chi connectivity index (χ1) is 6.93. The molecule has 1 N–H and O–H groups in total. The molecule has 0 aromatic rings. The number of nitrogens with one attached hydrogen (secondary N) is 1. The van der Waals surface area contributed by atoms with Crippen LogP contribution in [0.15, 0.2) is 12.2 Å². The average molecular weight is 213 g/mol. The molecule has 0 aliphatic heterocycles. The molecule has 2 nitrogen and oxygen atoms in total. The van der Waals surface area contributed by atoms with Gasteiger partial charge in [0.25, 0.3) is 0 Å². The van der Waals surface area contributed by atoms with Crippen molar-refractivity contribution in [1.29, 1.82) is 0 Å². The van der Waals surface area contributed by atoms with Crippen molar-refractivity contribution in [3.63, 3.8) is 0 Å². The van der Waals surface area contributed by atoms with Crippen LogP contribution < -0.4 is 5.32 Å². The van der Waals surface area contributed by atoms with Crippen molar-refractivity contribution in [2.45, 2.75) is 53.2 Å². The van der Waals surface area contributed by atoms with Gasteiger partial charge < -0.3 is 10.1 Å². The minimum atomic E-state index is 0.312. The van der Waals surface area contributed by atoms with Gasteiger partial charge in [0.2, 0.25) is 0 Å². The highest BCUT2D eigenvalue weighted by molar-refractivity contribution is 4.87. The predicted octanol–water partition coefficient (Wildman–Crippen LogP) is 2.99. The topological polar surface area (TPSA) is 21.3 Å². The van der Waals surface area contributed by atoms with Crippen LogP contribution in [-0.2, 0) is 4.74 Å². The second-order valence-electron chi connectivity index (χ2n) is 4.92. The molecule has 0 saturated carbocycles. The second kappa shape index (κ2) is 7.89. The van der Waals surface area contributed by atoms with Crippen molar-refractivity contribution >= 4 is 0 Å².